The normalized spacial score (nSPS) is 11.9. The molecule has 0 atom stereocenters. The van der Waals surface area contributed by atoms with Crippen LogP contribution in [0.2, 0.25) is 0 Å². The first-order chi connectivity index (χ1) is 31.7. The molecule has 13 heteroatoms. The summed E-state index contributed by atoms with van der Waals surface area (Å²) < 4.78 is 4.15. The monoisotopic (exact) mass is 959 g/mol. The van der Waals surface area contributed by atoms with Gasteiger partial charge >= 0.3 is 11.9 Å². The van der Waals surface area contributed by atoms with E-state index in [1.807, 2.05) is 34.8 Å². The molecule has 0 aliphatic heterocycles. The van der Waals surface area contributed by atoms with Crippen LogP contribution in [0.3, 0.4) is 0 Å². The van der Waals surface area contributed by atoms with Crippen LogP contribution in [0.25, 0.3) is 72.0 Å². The van der Waals surface area contributed by atoms with Gasteiger partial charge in [0.05, 0.1) is 0 Å². The Morgan fingerprint density at radius 3 is 1.38 bits per heavy atom. The third-order valence-corrected chi connectivity index (χ3v) is 17.8. The summed E-state index contributed by atoms with van der Waals surface area (Å²) in [7, 11) is 0. The van der Waals surface area contributed by atoms with Gasteiger partial charge in [-0.25, -0.2) is 9.59 Å². The maximum atomic E-state index is 11.4. The number of anilines is 3. The number of aryl methyl sites for hydroxylation is 1. The molecule has 6 heterocycles. The van der Waals surface area contributed by atoms with E-state index in [-0.39, 0.29) is 11.1 Å². The second-order valence-electron chi connectivity index (χ2n) is 15.1. The van der Waals surface area contributed by atoms with E-state index in [2.05, 4.69) is 121 Å². The van der Waals surface area contributed by atoms with Gasteiger partial charge < -0.3 is 15.1 Å². The zero-order chi connectivity index (χ0) is 45.0. The molecule has 0 amide bonds. The molecule has 9 rings (SSSR count). The van der Waals surface area contributed by atoms with Crippen LogP contribution in [-0.2, 0) is 16.0 Å². The van der Waals surface area contributed by atoms with E-state index in [0.29, 0.717) is 0 Å². The first-order valence-corrected chi connectivity index (χ1v) is 25.6. The first kappa shape index (κ1) is 43.8. The number of hydrogen-bond donors (Lipinski definition) is 2. The first-order valence-electron chi connectivity index (χ1n) is 20.7. The Kier molecular flexibility index (Phi) is 13.0. The van der Waals surface area contributed by atoms with Gasteiger partial charge in [-0.3, -0.25) is 0 Å². The van der Waals surface area contributed by atoms with Crippen LogP contribution < -0.4 is 4.90 Å². The highest BCUT2D eigenvalue weighted by Crippen LogP contribution is 2.44. The fourth-order valence-corrected chi connectivity index (χ4v) is 14.3. The quantitative estimate of drug-likeness (QED) is 0.0561. The molecule has 320 valence electrons. The Balaban J connectivity index is 0.995. The van der Waals surface area contributed by atoms with Gasteiger partial charge in [0.1, 0.15) is 23.3 Å². The minimum absolute atomic E-state index is 0.286. The van der Waals surface area contributed by atoms with Crippen LogP contribution in [0.15, 0.2) is 132 Å². The van der Waals surface area contributed by atoms with E-state index in [0.717, 1.165) is 72.9 Å². The number of thiophene rings is 6. The molecular formula is C52H37N3O4S6. The van der Waals surface area contributed by atoms with Gasteiger partial charge in [-0.1, -0.05) is 62.6 Å². The molecule has 0 aliphatic rings. The second kappa shape index (κ2) is 19.4. The van der Waals surface area contributed by atoms with E-state index in [4.69, 9.17) is 0 Å². The average molecular weight is 960 g/mol. The number of hydrogen-bond acceptors (Lipinski definition) is 11. The summed E-state index contributed by atoms with van der Waals surface area (Å²) in [4.78, 5) is 34.0. The molecule has 65 heavy (non-hydrogen) atoms. The minimum Gasteiger partial charge on any atom is -0.477 e. The number of carboxylic acids is 2. The molecule has 0 saturated carbocycles. The van der Waals surface area contributed by atoms with Crippen molar-refractivity contribution in [2.45, 2.75) is 39.0 Å². The molecule has 0 bridgehead atoms. The summed E-state index contributed by atoms with van der Waals surface area (Å²) >= 11 is 9.94. The van der Waals surface area contributed by atoms with E-state index < -0.39 is 11.9 Å². The summed E-state index contributed by atoms with van der Waals surface area (Å²) in [6.45, 7) is 2.25. The van der Waals surface area contributed by atoms with Crippen molar-refractivity contribution < 1.29 is 19.8 Å². The molecule has 7 nitrogen and oxygen atoms in total. The Hall–Kier alpha value is -6.42. The van der Waals surface area contributed by atoms with Crippen molar-refractivity contribution in [2.24, 2.45) is 0 Å². The highest BCUT2D eigenvalue weighted by Gasteiger charge is 2.18. The van der Waals surface area contributed by atoms with E-state index in [9.17, 15) is 30.3 Å². The van der Waals surface area contributed by atoms with Gasteiger partial charge in [-0.05, 0) is 127 Å². The van der Waals surface area contributed by atoms with E-state index in [1.165, 1.54) is 85.6 Å². The molecule has 2 N–H and O–H groups in total. The Morgan fingerprint density at radius 2 is 0.938 bits per heavy atom. The number of benzene rings is 3. The number of nitriles is 2. The smallest absolute Gasteiger partial charge is 0.346 e. The summed E-state index contributed by atoms with van der Waals surface area (Å²) in [5.41, 5.74) is 5.74. The second-order valence-corrected chi connectivity index (χ2v) is 21.8. The Morgan fingerprint density at radius 1 is 0.508 bits per heavy atom. The Labute approximate surface area is 399 Å². The van der Waals surface area contributed by atoms with Crippen molar-refractivity contribution in [3.05, 3.63) is 147 Å². The SMILES string of the molecule is CCCCCCc1ccc(-c2ccc(-c3ccc(N(c4ccc(-c5cc6sc(/C=C(\C#N)C(=O)O)cc6s5)cc4)c4ccc(-c5cc6sc(/C=C(\C#N)C(=O)O)cc6s5)cc4)cc3)s2)s1. The Bertz CT molecular complexity index is 3120. The molecule has 0 saturated heterocycles. The third-order valence-electron chi connectivity index (χ3n) is 10.7. The van der Waals surface area contributed by atoms with Crippen molar-refractivity contribution in [1.29, 1.82) is 10.5 Å². The third kappa shape index (κ3) is 9.68. The van der Waals surface area contributed by atoms with Gasteiger partial charge in [0.15, 0.2) is 0 Å². The van der Waals surface area contributed by atoms with Crippen molar-refractivity contribution >= 4 is 128 Å². The van der Waals surface area contributed by atoms with Gasteiger partial charge in [-0.2, -0.15) is 10.5 Å². The maximum Gasteiger partial charge on any atom is 0.346 e. The number of fused-ring (bicyclic) bond motifs is 2. The van der Waals surface area contributed by atoms with Crippen LogP contribution in [0, 0.1) is 22.7 Å². The van der Waals surface area contributed by atoms with Crippen LogP contribution in [0.4, 0.5) is 17.1 Å². The van der Waals surface area contributed by atoms with Gasteiger partial charge in [-0.15, -0.1) is 68.0 Å². The van der Waals surface area contributed by atoms with Gasteiger partial charge in [0, 0.05) is 74.9 Å². The van der Waals surface area contributed by atoms with Crippen molar-refractivity contribution in [2.75, 3.05) is 4.90 Å². The lowest BCUT2D eigenvalue weighted by Gasteiger charge is -2.26. The predicted octanol–water partition coefficient (Wildman–Crippen LogP) is 16.6. The number of carbonyl (C=O) groups is 2. The summed E-state index contributed by atoms with van der Waals surface area (Å²) in [5, 5.41) is 37.0. The molecule has 0 fully saturated rings. The summed E-state index contributed by atoms with van der Waals surface area (Å²) in [6, 6.07) is 46.5. The number of carboxylic acid groups (broad SMARTS) is 2. The molecule has 0 spiro atoms. The number of nitrogens with zero attached hydrogens (tertiary/aromatic N) is 3. The van der Waals surface area contributed by atoms with Crippen LogP contribution in [-0.4, -0.2) is 22.2 Å². The van der Waals surface area contributed by atoms with Crippen molar-refractivity contribution in [3.8, 4) is 53.2 Å². The van der Waals surface area contributed by atoms with Crippen LogP contribution in [0.1, 0.15) is 47.2 Å². The standard InChI is InChI=1S/C52H37N3O4S6/c1-2-3-4-5-6-39-19-20-43(60-39)44-22-21-42(63-44)31-7-13-36(14-8-31)55(37-15-9-32(10-16-37)45-27-49-47(64-45)25-40(61-49)23-34(29-53)51(56)57)38-17-11-33(12-18-38)46-28-50-48(65-46)26-41(62-50)24-35(30-54)52(58)59/h7-28H,2-6H2,1H3,(H,56,57)(H,58,59)/b34-23+,35-24+. The average Bonchev–Trinajstić information content (AvgIpc) is 4.18. The molecule has 9 aromatic rings. The van der Waals surface area contributed by atoms with Crippen LogP contribution >= 0.6 is 68.0 Å². The number of rotatable bonds is 16. The van der Waals surface area contributed by atoms with Crippen LogP contribution in [0.5, 0.6) is 0 Å². The molecule has 0 radical (unpaired) electrons. The highest BCUT2D eigenvalue weighted by atomic mass is 32.1. The summed E-state index contributed by atoms with van der Waals surface area (Å²) in [6.07, 6.45) is 9.07. The largest absolute Gasteiger partial charge is 0.477 e. The van der Waals surface area contributed by atoms with Gasteiger partial charge in [0.2, 0.25) is 0 Å². The van der Waals surface area contributed by atoms with Crippen molar-refractivity contribution in [1.82, 2.24) is 0 Å². The lowest BCUT2D eigenvalue weighted by atomic mass is 10.1. The fourth-order valence-electron chi connectivity index (χ4n) is 7.47. The van der Waals surface area contributed by atoms with Gasteiger partial charge in [0.25, 0.3) is 0 Å². The molecule has 6 aromatic heterocycles. The highest BCUT2D eigenvalue weighted by molar-refractivity contribution is 7.30. The topological polar surface area (TPSA) is 125 Å². The minimum atomic E-state index is -1.23. The van der Waals surface area contributed by atoms with Crippen molar-refractivity contribution in [3.63, 3.8) is 0 Å². The lowest BCUT2D eigenvalue weighted by molar-refractivity contribution is -0.133. The lowest BCUT2D eigenvalue weighted by Crippen LogP contribution is -2.09. The molecule has 3 aromatic carbocycles. The zero-order valence-electron chi connectivity index (χ0n) is 34.7. The predicted molar refractivity (Wildman–Crippen MR) is 275 cm³/mol. The molecular weight excluding hydrogens is 923 g/mol. The molecule has 0 unspecified atom stereocenters. The summed E-state index contributed by atoms with van der Waals surface area (Å²) in [5.74, 6) is -2.47. The zero-order valence-corrected chi connectivity index (χ0v) is 39.6. The van der Waals surface area contributed by atoms with E-state index in [1.54, 1.807) is 34.8 Å². The number of aliphatic carboxylic acids is 2. The van der Waals surface area contributed by atoms with E-state index >= 15 is 0 Å². The fraction of sp³-hybridized carbons (Fsp3) is 0.115. The number of unbranched alkanes of at least 4 members (excludes halogenated alkanes) is 3. The molecule has 0 aliphatic carbocycles. The maximum absolute atomic E-state index is 11.4.